The van der Waals surface area contributed by atoms with Gasteiger partial charge in [-0.15, -0.1) is 5.10 Å². The van der Waals surface area contributed by atoms with Crippen LogP contribution in [0.25, 0.3) is 10.9 Å². The van der Waals surface area contributed by atoms with Gasteiger partial charge in [-0.2, -0.15) is 0 Å². The van der Waals surface area contributed by atoms with E-state index in [2.05, 4.69) is 15.6 Å². The number of aryl methyl sites for hydroxylation is 1. The third kappa shape index (κ3) is 3.68. The first-order valence-corrected chi connectivity index (χ1v) is 8.92. The van der Waals surface area contributed by atoms with Crippen molar-refractivity contribution in [1.82, 2.24) is 20.3 Å². The van der Waals surface area contributed by atoms with Gasteiger partial charge in [0.05, 0.1) is 18.2 Å². The number of hydrogen-bond donors (Lipinski definition) is 1. The predicted octanol–water partition coefficient (Wildman–Crippen LogP) is 2.68. The van der Waals surface area contributed by atoms with E-state index in [9.17, 15) is 9.59 Å². The Hall–Kier alpha value is -3.74. The molecule has 0 aliphatic rings. The van der Waals surface area contributed by atoms with E-state index < -0.39 is 6.04 Å². The van der Waals surface area contributed by atoms with Crippen molar-refractivity contribution in [3.63, 3.8) is 0 Å². The number of benzene rings is 2. The summed E-state index contributed by atoms with van der Waals surface area (Å²) in [6, 6.07) is 19.8. The van der Waals surface area contributed by atoms with E-state index in [-0.39, 0.29) is 24.4 Å². The van der Waals surface area contributed by atoms with Gasteiger partial charge in [0.25, 0.3) is 5.56 Å². The number of carbonyl (C=O) groups is 1. The van der Waals surface area contributed by atoms with Crippen LogP contribution in [-0.2, 0) is 11.3 Å². The Morgan fingerprint density at radius 3 is 2.61 bits per heavy atom. The SMILES string of the molecule is O=C(CCn1nnc2ccccc2c1=O)NC(c1ccccc1)c1ccco1. The lowest BCUT2D eigenvalue weighted by molar-refractivity contribution is -0.122. The fourth-order valence-electron chi connectivity index (χ4n) is 3.03. The molecule has 0 fully saturated rings. The molecule has 1 atom stereocenters. The predicted molar refractivity (Wildman–Crippen MR) is 104 cm³/mol. The molecule has 1 N–H and O–H groups in total. The normalized spacial score (nSPS) is 12.0. The first-order valence-electron chi connectivity index (χ1n) is 8.92. The molecular formula is C21H18N4O3. The smallest absolute Gasteiger partial charge is 0.277 e. The molecule has 0 radical (unpaired) electrons. The van der Waals surface area contributed by atoms with E-state index in [0.717, 1.165) is 5.56 Å². The Labute approximate surface area is 160 Å². The Morgan fingerprint density at radius 1 is 1.04 bits per heavy atom. The maximum absolute atomic E-state index is 12.6. The number of carbonyl (C=O) groups excluding carboxylic acids is 1. The van der Waals surface area contributed by atoms with Crippen molar-refractivity contribution in [2.45, 2.75) is 19.0 Å². The van der Waals surface area contributed by atoms with Gasteiger partial charge in [-0.3, -0.25) is 9.59 Å². The van der Waals surface area contributed by atoms with E-state index >= 15 is 0 Å². The first-order chi connectivity index (χ1) is 13.7. The number of nitrogens with one attached hydrogen (secondary N) is 1. The zero-order valence-corrected chi connectivity index (χ0v) is 15.0. The van der Waals surface area contributed by atoms with E-state index in [0.29, 0.717) is 16.7 Å². The minimum atomic E-state index is -0.400. The van der Waals surface area contributed by atoms with Crippen molar-refractivity contribution < 1.29 is 9.21 Å². The third-order valence-corrected chi connectivity index (χ3v) is 4.45. The summed E-state index contributed by atoms with van der Waals surface area (Å²) < 4.78 is 6.70. The van der Waals surface area contributed by atoms with Gasteiger partial charge >= 0.3 is 0 Å². The van der Waals surface area contributed by atoms with Gasteiger partial charge < -0.3 is 9.73 Å². The second-order valence-corrected chi connectivity index (χ2v) is 6.31. The molecular weight excluding hydrogens is 356 g/mol. The minimum Gasteiger partial charge on any atom is -0.467 e. The topological polar surface area (TPSA) is 90.0 Å². The molecule has 28 heavy (non-hydrogen) atoms. The number of hydrogen-bond acceptors (Lipinski definition) is 5. The van der Waals surface area contributed by atoms with Crippen LogP contribution >= 0.6 is 0 Å². The Balaban J connectivity index is 1.49. The number of furan rings is 1. The summed E-state index contributed by atoms with van der Waals surface area (Å²) in [6.07, 6.45) is 1.67. The number of fused-ring (bicyclic) bond motifs is 1. The van der Waals surface area contributed by atoms with Crippen molar-refractivity contribution in [2.24, 2.45) is 0 Å². The van der Waals surface area contributed by atoms with Gasteiger partial charge in [-0.25, -0.2) is 4.68 Å². The van der Waals surface area contributed by atoms with Crippen molar-refractivity contribution in [3.8, 4) is 0 Å². The quantitative estimate of drug-likeness (QED) is 0.560. The molecule has 0 saturated carbocycles. The van der Waals surface area contributed by atoms with E-state index in [4.69, 9.17) is 4.42 Å². The van der Waals surface area contributed by atoms with Crippen LogP contribution in [0, 0.1) is 0 Å². The molecule has 4 rings (SSSR count). The van der Waals surface area contributed by atoms with Crippen molar-refractivity contribution in [2.75, 3.05) is 0 Å². The average molecular weight is 374 g/mol. The molecule has 7 heteroatoms. The summed E-state index contributed by atoms with van der Waals surface area (Å²) in [4.78, 5) is 25.0. The molecule has 140 valence electrons. The summed E-state index contributed by atoms with van der Waals surface area (Å²) in [7, 11) is 0. The van der Waals surface area contributed by atoms with Gasteiger partial charge in [-0.1, -0.05) is 47.7 Å². The van der Waals surface area contributed by atoms with Gasteiger partial charge in [0.1, 0.15) is 17.3 Å². The van der Waals surface area contributed by atoms with Crippen LogP contribution in [0.5, 0.6) is 0 Å². The van der Waals surface area contributed by atoms with Gasteiger partial charge in [0, 0.05) is 6.42 Å². The highest BCUT2D eigenvalue weighted by atomic mass is 16.3. The lowest BCUT2D eigenvalue weighted by Crippen LogP contribution is -2.32. The van der Waals surface area contributed by atoms with Crippen LogP contribution in [0.15, 0.2) is 82.2 Å². The summed E-state index contributed by atoms with van der Waals surface area (Å²) in [5.74, 6) is 0.425. The standard InChI is InChI=1S/C21H18N4O3/c26-19(12-13-25-21(27)16-9-4-5-10-17(16)23-24-25)22-20(18-11-6-14-28-18)15-7-2-1-3-8-15/h1-11,14,20H,12-13H2,(H,22,26). The van der Waals surface area contributed by atoms with Crippen LogP contribution < -0.4 is 10.9 Å². The van der Waals surface area contributed by atoms with Gasteiger partial charge in [-0.05, 0) is 29.8 Å². The highest BCUT2D eigenvalue weighted by Crippen LogP contribution is 2.22. The average Bonchev–Trinajstić information content (AvgIpc) is 3.27. The van der Waals surface area contributed by atoms with Crippen molar-refractivity contribution in [3.05, 3.63) is 94.7 Å². The number of nitrogens with zero attached hydrogens (tertiary/aromatic N) is 3. The number of aromatic nitrogens is 3. The van der Waals surface area contributed by atoms with Gasteiger partial charge in [0.2, 0.25) is 5.91 Å². The molecule has 0 aliphatic heterocycles. The third-order valence-electron chi connectivity index (χ3n) is 4.45. The largest absolute Gasteiger partial charge is 0.467 e. The molecule has 0 saturated heterocycles. The molecule has 7 nitrogen and oxygen atoms in total. The minimum absolute atomic E-state index is 0.0942. The molecule has 0 aliphatic carbocycles. The summed E-state index contributed by atoms with van der Waals surface area (Å²) >= 11 is 0. The molecule has 0 bridgehead atoms. The molecule has 1 unspecified atom stereocenters. The Kier molecular flexibility index (Phi) is 4.97. The number of rotatable bonds is 6. The van der Waals surface area contributed by atoms with Gasteiger partial charge in [0.15, 0.2) is 0 Å². The summed E-state index contributed by atoms with van der Waals surface area (Å²) in [5.41, 5.74) is 1.19. The van der Waals surface area contributed by atoms with Crippen LogP contribution in [-0.4, -0.2) is 20.9 Å². The second-order valence-electron chi connectivity index (χ2n) is 6.31. The summed E-state index contributed by atoms with van der Waals surface area (Å²) in [5, 5.41) is 11.4. The maximum atomic E-state index is 12.6. The Morgan fingerprint density at radius 2 is 1.82 bits per heavy atom. The molecule has 0 spiro atoms. The Bertz CT molecular complexity index is 1140. The lowest BCUT2D eigenvalue weighted by Gasteiger charge is -2.17. The fraction of sp³-hybridized carbons (Fsp3) is 0.143. The van der Waals surface area contributed by atoms with Crippen molar-refractivity contribution >= 4 is 16.8 Å². The molecule has 1 amide bonds. The molecule has 2 heterocycles. The summed E-state index contributed by atoms with van der Waals surface area (Å²) in [6.45, 7) is 0.141. The molecule has 2 aromatic heterocycles. The monoisotopic (exact) mass is 374 g/mol. The van der Waals surface area contributed by atoms with Crippen LogP contribution in [0.2, 0.25) is 0 Å². The second kappa shape index (κ2) is 7.87. The fourth-order valence-corrected chi connectivity index (χ4v) is 3.03. The first kappa shape index (κ1) is 17.7. The van der Waals surface area contributed by atoms with Crippen molar-refractivity contribution in [1.29, 1.82) is 0 Å². The lowest BCUT2D eigenvalue weighted by atomic mass is 10.0. The van der Waals surface area contributed by atoms with Crippen LogP contribution in [0.4, 0.5) is 0 Å². The van der Waals surface area contributed by atoms with E-state index in [1.54, 1.807) is 36.6 Å². The maximum Gasteiger partial charge on any atom is 0.277 e. The number of amides is 1. The molecule has 2 aromatic carbocycles. The van der Waals surface area contributed by atoms with Crippen LogP contribution in [0.3, 0.4) is 0 Å². The van der Waals surface area contributed by atoms with Crippen LogP contribution in [0.1, 0.15) is 23.8 Å². The molecule has 4 aromatic rings. The van der Waals surface area contributed by atoms with E-state index in [1.165, 1.54) is 4.68 Å². The zero-order valence-electron chi connectivity index (χ0n) is 15.0. The zero-order chi connectivity index (χ0) is 19.3. The highest BCUT2D eigenvalue weighted by Gasteiger charge is 2.19. The highest BCUT2D eigenvalue weighted by molar-refractivity contribution is 5.77. The van der Waals surface area contributed by atoms with E-state index in [1.807, 2.05) is 36.4 Å².